The minimum atomic E-state index is -3.15. The number of hydrogen-bond acceptors (Lipinski definition) is 3. The van der Waals surface area contributed by atoms with Gasteiger partial charge in [-0.2, -0.15) is 4.31 Å². The van der Waals surface area contributed by atoms with E-state index in [1.807, 2.05) is 18.2 Å². The van der Waals surface area contributed by atoms with Crippen LogP contribution >= 0.6 is 0 Å². The molecule has 0 atom stereocenters. The number of anilines is 1. The zero-order chi connectivity index (χ0) is 14.0. The summed E-state index contributed by atoms with van der Waals surface area (Å²) in [6, 6.07) is 5.66. The molecule has 19 heavy (non-hydrogen) atoms. The average molecular weight is 282 g/mol. The predicted octanol–water partition coefficient (Wildman–Crippen LogP) is 1.35. The Labute approximate surface area is 113 Å². The maximum absolute atomic E-state index is 11.9. The molecule has 0 spiro atoms. The van der Waals surface area contributed by atoms with E-state index in [9.17, 15) is 13.2 Å². The Bertz CT molecular complexity index is 596. The summed E-state index contributed by atoms with van der Waals surface area (Å²) in [5.74, 6) is -0.0120. The average Bonchev–Trinajstić information content (AvgIpc) is 2.37. The van der Waals surface area contributed by atoms with Crippen molar-refractivity contribution in [2.45, 2.75) is 26.8 Å². The van der Waals surface area contributed by atoms with Crippen molar-refractivity contribution in [3.8, 4) is 0 Å². The molecule has 2 rings (SSSR count). The minimum absolute atomic E-state index is 0.119. The molecule has 0 bridgehead atoms. The maximum Gasteiger partial charge on any atom is 0.221 e. The molecule has 1 amide bonds. The highest BCUT2D eigenvalue weighted by atomic mass is 32.2. The first-order chi connectivity index (χ1) is 8.92. The Morgan fingerprint density at radius 2 is 2.11 bits per heavy atom. The van der Waals surface area contributed by atoms with Crippen LogP contribution in [0.3, 0.4) is 0 Å². The molecule has 6 heteroatoms. The van der Waals surface area contributed by atoms with Gasteiger partial charge in [-0.05, 0) is 36.6 Å². The minimum Gasteiger partial charge on any atom is -0.326 e. The summed E-state index contributed by atoms with van der Waals surface area (Å²) in [6.45, 7) is 4.02. The summed E-state index contributed by atoms with van der Waals surface area (Å²) in [7, 11) is -3.15. The Morgan fingerprint density at radius 3 is 2.74 bits per heavy atom. The number of fused-ring (bicyclic) bond motifs is 1. The molecule has 1 N–H and O–H groups in total. The van der Waals surface area contributed by atoms with Gasteiger partial charge in [-0.25, -0.2) is 8.42 Å². The van der Waals surface area contributed by atoms with Crippen molar-refractivity contribution in [1.29, 1.82) is 0 Å². The quantitative estimate of drug-likeness (QED) is 0.910. The van der Waals surface area contributed by atoms with Gasteiger partial charge in [0.1, 0.15) is 0 Å². The van der Waals surface area contributed by atoms with Crippen molar-refractivity contribution in [2.24, 2.45) is 0 Å². The molecule has 1 aliphatic heterocycles. The molecule has 0 saturated carbocycles. The van der Waals surface area contributed by atoms with E-state index in [2.05, 4.69) is 5.32 Å². The van der Waals surface area contributed by atoms with Crippen molar-refractivity contribution in [3.05, 3.63) is 29.3 Å². The number of amides is 1. The number of hydrogen-bond donors (Lipinski definition) is 1. The van der Waals surface area contributed by atoms with Crippen LogP contribution in [0.4, 0.5) is 5.69 Å². The van der Waals surface area contributed by atoms with Crippen molar-refractivity contribution in [3.63, 3.8) is 0 Å². The standard InChI is InChI=1S/C13H18N2O3S/c1-3-19(17,18)15-7-6-11-4-5-13(14-10(2)16)8-12(11)9-15/h4-5,8H,3,6-7,9H2,1-2H3,(H,14,16). The summed E-state index contributed by atoms with van der Waals surface area (Å²) < 4.78 is 25.3. The van der Waals surface area contributed by atoms with E-state index >= 15 is 0 Å². The molecular formula is C13H18N2O3S. The fourth-order valence-corrected chi connectivity index (χ4v) is 3.30. The van der Waals surface area contributed by atoms with Crippen LogP contribution in [0.15, 0.2) is 18.2 Å². The summed E-state index contributed by atoms with van der Waals surface area (Å²) >= 11 is 0. The van der Waals surface area contributed by atoms with Crippen LogP contribution < -0.4 is 5.32 Å². The topological polar surface area (TPSA) is 66.5 Å². The zero-order valence-electron chi connectivity index (χ0n) is 11.1. The Balaban J connectivity index is 2.25. The van der Waals surface area contributed by atoms with Gasteiger partial charge in [0.2, 0.25) is 15.9 Å². The highest BCUT2D eigenvalue weighted by Gasteiger charge is 2.25. The van der Waals surface area contributed by atoms with Gasteiger partial charge in [-0.1, -0.05) is 6.07 Å². The monoisotopic (exact) mass is 282 g/mol. The number of benzene rings is 1. The number of sulfonamides is 1. The summed E-state index contributed by atoms with van der Waals surface area (Å²) in [5.41, 5.74) is 2.83. The van der Waals surface area contributed by atoms with Crippen LogP contribution in [-0.2, 0) is 27.8 Å². The Kier molecular flexibility index (Phi) is 3.91. The predicted molar refractivity (Wildman–Crippen MR) is 74.3 cm³/mol. The molecule has 1 aromatic rings. The van der Waals surface area contributed by atoms with Crippen molar-refractivity contribution >= 4 is 21.6 Å². The van der Waals surface area contributed by atoms with E-state index in [1.54, 1.807) is 6.92 Å². The third kappa shape index (κ3) is 3.13. The summed E-state index contributed by atoms with van der Waals surface area (Å²) in [6.07, 6.45) is 0.717. The molecule has 1 aliphatic rings. The first-order valence-electron chi connectivity index (χ1n) is 6.29. The van der Waals surface area contributed by atoms with Gasteiger partial charge in [-0.15, -0.1) is 0 Å². The lowest BCUT2D eigenvalue weighted by Crippen LogP contribution is -2.36. The van der Waals surface area contributed by atoms with E-state index in [-0.39, 0.29) is 11.7 Å². The van der Waals surface area contributed by atoms with Gasteiger partial charge in [0, 0.05) is 25.7 Å². The lowest BCUT2D eigenvalue weighted by molar-refractivity contribution is -0.114. The van der Waals surface area contributed by atoms with E-state index in [0.29, 0.717) is 18.8 Å². The molecule has 104 valence electrons. The van der Waals surface area contributed by atoms with Crippen molar-refractivity contribution < 1.29 is 13.2 Å². The van der Waals surface area contributed by atoms with Gasteiger partial charge in [0.25, 0.3) is 0 Å². The molecule has 0 aromatic heterocycles. The molecule has 1 heterocycles. The van der Waals surface area contributed by atoms with Gasteiger partial charge in [-0.3, -0.25) is 4.79 Å². The second-order valence-electron chi connectivity index (χ2n) is 4.65. The van der Waals surface area contributed by atoms with Crippen molar-refractivity contribution in [1.82, 2.24) is 4.31 Å². The van der Waals surface area contributed by atoms with Crippen LogP contribution in [0, 0.1) is 0 Å². The van der Waals surface area contributed by atoms with E-state index in [1.165, 1.54) is 11.2 Å². The number of carbonyl (C=O) groups is 1. The Morgan fingerprint density at radius 1 is 1.37 bits per heavy atom. The van der Waals surface area contributed by atoms with Gasteiger partial charge in [0.15, 0.2) is 0 Å². The first kappa shape index (κ1) is 14.0. The van der Waals surface area contributed by atoms with Gasteiger partial charge < -0.3 is 5.32 Å². The first-order valence-corrected chi connectivity index (χ1v) is 7.90. The SMILES string of the molecule is CCS(=O)(=O)N1CCc2ccc(NC(C)=O)cc2C1. The fourth-order valence-electron chi connectivity index (χ4n) is 2.23. The molecule has 1 aromatic carbocycles. The smallest absolute Gasteiger partial charge is 0.221 e. The maximum atomic E-state index is 11.9. The van der Waals surface area contributed by atoms with Crippen LogP contribution in [0.2, 0.25) is 0 Å². The molecule has 0 fully saturated rings. The number of nitrogens with zero attached hydrogens (tertiary/aromatic N) is 1. The molecule has 0 saturated heterocycles. The van der Waals surface area contributed by atoms with Crippen LogP contribution in [0.1, 0.15) is 25.0 Å². The second kappa shape index (κ2) is 5.30. The normalized spacial score (nSPS) is 15.9. The summed E-state index contributed by atoms with van der Waals surface area (Å²) in [4.78, 5) is 11.0. The molecule has 0 unspecified atom stereocenters. The lowest BCUT2D eigenvalue weighted by atomic mass is 10.0. The molecular weight excluding hydrogens is 264 g/mol. The fraction of sp³-hybridized carbons (Fsp3) is 0.462. The summed E-state index contributed by atoms with van der Waals surface area (Å²) in [5, 5.41) is 2.72. The molecule has 0 aliphatic carbocycles. The molecule has 5 nitrogen and oxygen atoms in total. The zero-order valence-corrected chi connectivity index (χ0v) is 12.0. The third-order valence-electron chi connectivity index (χ3n) is 3.26. The number of rotatable bonds is 3. The van der Waals surface area contributed by atoms with Crippen molar-refractivity contribution in [2.75, 3.05) is 17.6 Å². The van der Waals surface area contributed by atoms with E-state index < -0.39 is 10.0 Å². The highest BCUT2D eigenvalue weighted by molar-refractivity contribution is 7.89. The van der Waals surface area contributed by atoms with Gasteiger partial charge >= 0.3 is 0 Å². The molecule has 0 radical (unpaired) electrons. The number of nitrogens with one attached hydrogen (secondary N) is 1. The highest BCUT2D eigenvalue weighted by Crippen LogP contribution is 2.24. The van der Waals surface area contributed by atoms with Crippen LogP contribution in [0.25, 0.3) is 0 Å². The third-order valence-corrected chi connectivity index (χ3v) is 5.09. The lowest BCUT2D eigenvalue weighted by Gasteiger charge is -2.28. The van der Waals surface area contributed by atoms with Gasteiger partial charge in [0.05, 0.1) is 5.75 Å². The second-order valence-corrected chi connectivity index (χ2v) is 6.91. The largest absolute Gasteiger partial charge is 0.326 e. The van der Waals surface area contributed by atoms with E-state index in [4.69, 9.17) is 0 Å². The van der Waals surface area contributed by atoms with Crippen LogP contribution in [-0.4, -0.2) is 30.9 Å². The van der Waals surface area contributed by atoms with E-state index in [0.717, 1.165) is 17.5 Å². The Hall–Kier alpha value is -1.40. The number of carbonyl (C=O) groups excluding carboxylic acids is 1. The van der Waals surface area contributed by atoms with Crippen LogP contribution in [0.5, 0.6) is 0 Å².